The monoisotopic (exact) mass is 220 g/mol. The topological polar surface area (TPSA) is 89.8 Å². The number of carbonyl (C=O) groups excluding carboxylic acids is 1. The number of aliphatic hydroxyl groups excluding tert-OH is 1. The molecule has 0 saturated heterocycles. The second-order valence-corrected chi connectivity index (χ2v) is 2.65. The number of carboxylic acid groups (broad SMARTS) is 1. The average molecular weight is 220 g/mol. The van der Waals surface area contributed by atoms with Crippen LogP contribution in [0.2, 0.25) is 0 Å². The van der Waals surface area contributed by atoms with Crippen molar-refractivity contribution in [3.8, 4) is 11.5 Å². The first kappa shape index (κ1) is 14.2. The molecule has 1 aromatic rings. The largest absolute Gasteiger partial charge is 1.00 e. The number of benzene rings is 1. The molecule has 0 fully saturated rings. The molecular formula is C9H9NaO5. The van der Waals surface area contributed by atoms with E-state index in [-0.39, 0.29) is 46.6 Å². The van der Waals surface area contributed by atoms with Gasteiger partial charge in [0.15, 0.2) is 11.5 Å². The molecule has 15 heavy (non-hydrogen) atoms. The number of ether oxygens (including phenoxy) is 1. The van der Waals surface area contributed by atoms with Gasteiger partial charge in [0.05, 0.1) is 13.1 Å². The SMILES string of the molecule is COc1cc(C(O)C(=O)[O-])ccc1O.[Na+]. The minimum Gasteiger partial charge on any atom is -0.547 e. The molecule has 2 N–H and O–H groups in total. The minimum atomic E-state index is -1.72. The van der Waals surface area contributed by atoms with E-state index in [0.717, 1.165) is 0 Å². The van der Waals surface area contributed by atoms with Gasteiger partial charge in [0.2, 0.25) is 0 Å². The quantitative estimate of drug-likeness (QED) is 0.510. The molecule has 0 radical (unpaired) electrons. The zero-order valence-electron chi connectivity index (χ0n) is 8.43. The molecule has 0 spiro atoms. The smallest absolute Gasteiger partial charge is 0.547 e. The molecule has 0 aliphatic carbocycles. The third-order valence-electron chi connectivity index (χ3n) is 1.74. The van der Waals surface area contributed by atoms with E-state index in [1.165, 1.54) is 25.3 Å². The van der Waals surface area contributed by atoms with Gasteiger partial charge in [0.25, 0.3) is 0 Å². The number of carbonyl (C=O) groups is 1. The Morgan fingerprint density at radius 2 is 2.13 bits per heavy atom. The van der Waals surface area contributed by atoms with E-state index in [1.807, 2.05) is 0 Å². The third-order valence-corrected chi connectivity index (χ3v) is 1.74. The molecule has 0 aromatic heterocycles. The van der Waals surface area contributed by atoms with Crippen LogP contribution in [0.1, 0.15) is 11.7 Å². The first-order chi connectivity index (χ1) is 6.56. The molecule has 1 atom stereocenters. The summed E-state index contributed by atoms with van der Waals surface area (Å²) in [5.41, 5.74) is 0.0969. The Morgan fingerprint density at radius 1 is 1.53 bits per heavy atom. The van der Waals surface area contributed by atoms with Crippen LogP contribution >= 0.6 is 0 Å². The van der Waals surface area contributed by atoms with Crippen molar-refractivity contribution in [2.24, 2.45) is 0 Å². The number of phenols is 1. The molecule has 0 aliphatic heterocycles. The van der Waals surface area contributed by atoms with Crippen LogP contribution in [-0.4, -0.2) is 23.3 Å². The van der Waals surface area contributed by atoms with E-state index in [9.17, 15) is 15.0 Å². The van der Waals surface area contributed by atoms with Crippen LogP contribution in [-0.2, 0) is 4.79 Å². The van der Waals surface area contributed by atoms with E-state index < -0.39 is 12.1 Å². The zero-order valence-corrected chi connectivity index (χ0v) is 10.4. The molecule has 0 aliphatic rings. The number of aliphatic carboxylic acids is 1. The second-order valence-electron chi connectivity index (χ2n) is 2.65. The molecule has 1 aromatic carbocycles. The van der Waals surface area contributed by atoms with Crippen molar-refractivity contribution in [2.75, 3.05) is 7.11 Å². The summed E-state index contributed by atoms with van der Waals surface area (Å²) in [6, 6.07) is 3.74. The van der Waals surface area contributed by atoms with Crippen LogP contribution in [0.5, 0.6) is 11.5 Å². The summed E-state index contributed by atoms with van der Waals surface area (Å²) < 4.78 is 4.74. The van der Waals surface area contributed by atoms with Crippen LogP contribution < -0.4 is 39.4 Å². The summed E-state index contributed by atoms with van der Waals surface area (Å²) >= 11 is 0. The number of phenolic OH excluding ortho intramolecular Hbond substituents is 1. The zero-order chi connectivity index (χ0) is 10.7. The fraction of sp³-hybridized carbons (Fsp3) is 0.222. The predicted octanol–water partition coefficient (Wildman–Crippen LogP) is -3.81. The summed E-state index contributed by atoms with van der Waals surface area (Å²) in [7, 11) is 1.32. The Kier molecular flexibility index (Phi) is 5.67. The molecular weight excluding hydrogens is 211 g/mol. The molecule has 0 saturated carbocycles. The summed E-state index contributed by atoms with van der Waals surface area (Å²) in [6.45, 7) is 0. The number of aromatic hydroxyl groups is 1. The van der Waals surface area contributed by atoms with E-state index >= 15 is 0 Å². The number of hydrogen-bond acceptors (Lipinski definition) is 5. The van der Waals surface area contributed by atoms with Crippen LogP contribution in [0.3, 0.4) is 0 Å². The molecule has 0 amide bonds. The van der Waals surface area contributed by atoms with Crippen LogP contribution in [0.25, 0.3) is 0 Å². The number of methoxy groups -OCH3 is 1. The summed E-state index contributed by atoms with van der Waals surface area (Å²) in [4.78, 5) is 10.3. The normalized spacial score (nSPS) is 11.3. The van der Waals surface area contributed by atoms with E-state index in [0.29, 0.717) is 0 Å². The first-order valence-corrected chi connectivity index (χ1v) is 3.82. The molecule has 0 heterocycles. The van der Waals surface area contributed by atoms with Gasteiger partial charge >= 0.3 is 29.6 Å². The van der Waals surface area contributed by atoms with E-state index in [4.69, 9.17) is 9.84 Å². The number of hydrogen-bond donors (Lipinski definition) is 2. The second kappa shape index (κ2) is 5.97. The Balaban J connectivity index is 0.00000196. The van der Waals surface area contributed by atoms with Crippen LogP contribution in [0.4, 0.5) is 0 Å². The van der Waals surface area contributed by atoms with Crippen molar-refractivity contribution < 1.29 is 54.4 Å². The minimum absolute atomic E-state index is 0. The molecule has 1 unspecified atom stereocenters. The van der Waals surface area contributed by atoms with Gasteiger partial charge in [-0.3, -0.25) is 0 Å². The van der Waals surface area contributed by atoms with Gasteiger partial charge in [-0.1, -0.05) is 6.07 Å². The molecule has 6 heteroatoms. The van der Waals surface area contributed by atoms with Crippen molar-refractivity contribution in [1.82, 2.24) is 0 Å². The third kappa shape index (κ3) is 3.39. The first-order valence-electron chi connectivity index (χ1n) is 3.82. The number of rotatable bonds is 3. The number of carboxylic acids is 1. The Labute approximate surface area is 109 Å². The van der Waals surface area contributed by atoms with Gasteiger partial charge in [0.1, 0.15) is 6.10 Å². The standard InChI is InChI=1S/C9H10O5.Na/c1-14-7-4-5(2-3-6(7)10)8(11)9(12)13;/h2-4,8,10-11H,1H3,(H,12,13);/q;+1/p-1. The maximum Gasteiger partial charge on any atom is 1.00 e. The van der Waals surface area contributed by atoms with Crippen LogP contribution in [0.15, 0.2) is 18.2 Å². The molecule has 5 nitrogen and oxygen atoms in total. The Morgan fingerprint density at radius 3 is 2.60 bits per heavy atom. The predicted molar refractivity (Wildman–Crippen MR) is 44.6 cm³/mol. The van der Waals surface area contributed by atoms with E-state index in [1.54, 1.807) is 0 Å². The van der Waals surface area contributed by atoms with Gasteiger partial charge in [-0.2, -0.15) is 0 Å². The summed E-state index contributed by atoms with van der Waals surface area (Å²) in [5, 5.41) is 28.6. The molecule has 0 bridgehead atoms. The maximum absolute atomic E-state index is 10.3. The number of aliphatic hydroxyl groups is 1. The van der Waals surface area contributed by atoms with Gasteiger partial charge in [-0.25, -0.2) is 0 Å². The fourth-order valence-corrected chi connectivity index (χ4v) is 1.00. The van der Waals surface area contributed by atoms with Gasteiger partial charge in [-0.15, -0.1) is 0 Å². The van der Waals surface area contributed by atoms with Crippen molar-refractivity contribution in [3.05, 3.63) is 23.8 Å². The Hall–Kier alpha value is -0.750. The van der Waals surface area contributed by atoms with E-state index in [2.05, 4.69) is 0 Å². The van der Waals surface area contributed by atoms with Crippen molar-refractivity contribution in [1.29, 1.82) is 0 Å². The fourth-order valence-electron chi connectivity index (χ4n) is 1.00. The van der Waals surface area contributed by atoms with Gasteiger partial charge in [0, 0.05) is 0 Å². The van der Waals surface area contributed by atoms with Crippen molar-refractivity contribution >= 4 is 5.97 Å². The van der Waals surface area contributed by atoms with Gasteiger partial charge < -0.3 is 24.9 Å². The average Bonchev–Trinajstić information content (AvgIpc) is 2.17. The van der Waals surface area contributed by atoms with Gasteiger partial charge in [-0.05, 0) is 17.7 Å². The maximum atomic E-state index is 10.3. The van der Waals surface area contributed by atoms with Crippen LogP contribution in [0, 0.1) is 0 Å². The Bertz CT molecular complexity index is 352. The molecule has 1 rings (SSSR count). The molecule has 76 valence electrons. The van der Waals surface area contributed by atoms with Crippen molar-refractivity contribution in [3.63, 3.8) is 0 Å². The van der Waals surface area contributed by atoms with Crippen molar-refractivity contribution in [2.45, 2.75) is 6.10 Å². The summed E-state index contributed by atoms with van der Waals surface area (Å²) in [5.74, 6) is -1.62. The summed E-state index contributed by atoms with van der Waals surface area (Å²) in [6.07, 6.45) is -1.72.